The largest absolute Gasteiger partial charge is 0.336 e. The lowest BCUT2D eigenvalue weighted by molar-refractivity contribution is -0.120. The van der Waals surface area contributed by atoms with Gasteiger partial charge in [0.15, 0.2) is 0 Å². The second-order valence-electron chi connectivity index (χ2n) is 7.78. The predicted octanol–water partition coefficient (Wildman–Crippen LogP) is 4.02. The molecule has 2 aromatic rings. The van der Waals surface area contributed by atoms with Gasteiger partial charge in [-0.3, -0.25) is 14.5 Å². The van der Waals surface area contributed by atoms with E-state index in [0.29, 0.717) is 48.6 Å². The minimum atomic E-state index is -0.0426. The zero-order valence-corrected chi connectivity index (χ0v) is 18.7. The van der Waals surface area contributed by atoms with Gasteiger partial charge in [0.2, 0.25) is 5.91 Å². The average Bonchev–Trinajstić information content (AvgIpc) is 2.92. The summed E-state index contributed by atoms with van der Waals surface area (Å²) in [5.74, 6) is 0.0852. The molecule has 2 heterocycles. The highest BCUT2D eigenvalue weighted by Gasteiger charge is 2.28. The summed E-state index contributed by atoms with van der Waals surface area (Å²) in [7, 11) is 0. The Labute approximate surface area is 187 Å². The Balaban J connectivity index is 1.37. The number of hydrogen-bond acceptors (Lipinski definition) is 4. The highest BCUT2D eigenvalue weighted by Crippen LogP contribution is 2.37. The fourth-order valence-corrected chi connectivity index (χ4v) is 5.27. The fraction of sp³-hybridized carbons (Fsp3) is 0.391. The predicted molar refractivity (Wildman–Crippen MR) is 123 cm³/mol. The Morgan fingerprint density at radius 3 is 2.47 bits per heavy atom. The van der Waals surface area contributed by atoms with Gasteiger partial charge in [-0.1, -0.05) is 42.8 Å². The van der Waals surface area contributed by atoms with Crippen molar-refractivity contribution in [1.29, 1.82) is 0 Å². The Morgan fingerprint density at radius 2 is 1.70 bits per heavy atom. The molecular weight excluding hydrogens is 418 g/mol. The van der Waals surface area contributed by atoms with E-state index in [1.54, 1.807) is 12.1 Å². The highest BCUT2D eigenvalue weighted by atomic mass is 35.5. The summed E-state index contributed by atoms with van der Waals surface area (Å²) in [5, 5.41) is 0.968. The van der Waals surface area contributed by atoms with Crippen LogP contribution in [0.2, 0.25) is 5.02 Å². The van der Waals surface area contributed by atoms with E-state index in [0.717, 1.165) is 18.7 Å². The molecule has 7 heteroatoms. The maximum absolute atomic E-state index is 13.1. The van der Waals surface area contributed by atoms with Gasteiger partial charge in [0.05, 0.1) is 22.8 Å². The smallest absolute Gasteiger partial charge is 0.255 e. The van der Waals surface area contributed by atoms with Gasteiger partial charge in [-0.05, 0) is 30.7 Å². The average molecular weight is 444 g/mol. The van der Waals surface area contributed by atoms with Crippen molar-refractivity contribution in [2.24, 2.45) is 0 Å². The zero-order chi connectivity index (χ0) is 21.1. The number of anilines is 1. The molecule has 2 aliphatic rings. The lowest BCUT2D eigenvalue weighted by atomic mass is 10.1. The number of nitrogens with zero attached hydrogens (tertiary/aromatic N) is 3. The fourth-order valence-electron chi connectivity index (χ4n) is 3.94. The minimum absolute atomic E-state index is 0.0426. The molecule has 2 aromatic carbocycles. The van der Waals surface area contributed by atoms with Crippen molar-refractivity contribution in [3.8, 4) is 0 Å². The Hall–Kier alpha value is -2.02. The zero-order valence-electron chi connectivity index (χ0n) is 17.1. The van der Waals surface area contributed by atoms with E-state index in [-0.39, 0.29) is 11.8 Å². The third-order valence-corrected chi connectivity index (χ3v) is 7.23. The van der Waals surface area contributed by atoms with Gasteiger partial charge in [-0.15, -0.1) is 11.8 Å². The van der Waals surface area contributed by atoms with Gasteiger partial charge in [0, 0.05) is 42.9 Å². The van der Waals surface area contributed by atoms with Crippen LogP contribution in [0.4, 0.5) is 5.69 Å². The number of amides is 2. The molecule has 0 radical (unpaired) electrons. The number of fused-ring (bicyclic) bond motifs is 1. The van der Waals surface area contributed by atoms with Crippen LogP contribution in [0.5, 0.6) is 0 Å². The van der Waals surface area contributed by atoms with E-state index in [2.05, 4.69) is 17.9 Å². The SMILES string of the molecule is C[C@H]1CCN(C(=O)CN2CCN(C(=O)c3ccccc3Cl)CC2)c2ccccc2S1. The third kappa shape index (κ3) is 4.66. The van der Waals surface area contributed by atoms with Crippen LogP contribution in [-0.4, -0.2) is 66.1 Å². The molecular formula is C23H26ClN3O2S. The number of hydrogen-bond donors (Lipinski definition) is 0. The summed E-state index contributed by atoms with van der Waals surface area (Å²) in [6.45, 7) is 5.90. The van der Waals surface area contributed by atoms with Crippen molar-refractivity contribution in [3.63, 3.8) is 0 Å². The topological polar surface area (TPSA) is 43.9 Å². The van der Waals surface area contributed by atoms with Crippen molar-refractivity contribution in [2.45, 2.75) is 23.5 Å². The normalized spacial score (nSPS) is 19.9. The molecule has 0 saturated carbocycles. The molecule has 2 amide bonds. The van der Waals surface area contributed by atoms with E-state index < -0.39 is 0 Å². The summed E-state index contributed by atoms with van der Waals surface area (Å²) < 4.78 is 0. The number of thioether (sulfide) groups is 1. The number of carbonyl (C=O) groups is 2. The first-order chi connectivity index (χ1) is 14.5. The van der Waals surface area contributed by atoms with Gasteiger partial charge in [0.25, 0.3) is 5.91 Å². The molecule has 158 valence electrons. The van der Waals surface area contributed by atoms with Crippen LogP contribution in [0.3, 0.4) is 0 Å². The maximum Gasteiger partial charge on any atom is 0.255 e. The van der Waals surface area contributed by atoms with E-state index >= 15 is 0 Å². The van der Waals surface area contributed by atoms with Crippen LogP contribution in [0.1, 0.15) is 23.7 Å². The summed E-state index contributed by atoms with van der Waals surface area (Å²) in [4.78, 5) is 33.0. The Bertz CT molecular complexity index is 930. The molecule has 0 spiro atoms. The first kappa shape index (κ1) is 21.2. The minimum Gasteiger partial charge on any atom is -0.336 e. The monoisotopic (exact) mass is 443 g/mol. The molecule has 30 heavy (non-hydrogen) atoms. The van der Waals surface area contributed by atoms with Crippen molar-refractivity contribution in [2.75, 3.05) is 44.2 Å². The molecule has 5 nitrogen and oxygen atoms in total. The lowest BCUT2D eigenvalue weighted by Crippen LogP contribution is -2.51. The van der Waals surface area contributed by atoms with E-state index in [4.69, 9.17) is 11.6 Å². The van der Waals surface area contributed by atoms with Crippen molar-refractivity contribution in [3.05, 3.63) is 59.1 Å². The summed E-state index contributed by atoms with van der Waals surface area (Å²) >= 11 is 8.02. The van der Waals surface area contributed by atoms with Crippen LogP contribution < -0.4 is 4.90 Å². The molecule has 0 N–H and O–H groups in total. The van der Waals surface area contributed by atoms with Gasteiger partial charge < -0.3 is 9.80 Å². The van der Waals surface area contributed by atoms with Crippen molar-refractivity contribution >= 4 is 40.9 Å². The van der Waals surface area contributed by atoms with Gasteiger partial charge in [0.1, 0.15) is 0 Å². The molecule has 1 atom stereocenters. The molecule has 0 aromatic heterocycles. The molecule has 0 bridgehead atoms. The molecule has 4 rings (SSSR count). The number of para-hydroxylation sites is 1. The second kappa shape index (κ2) is 9.41. The van der Waals surface area contributed by atoms with Crippen molar-refractivity contribution in [1.82, 2.24) is 9.80 Å². The maximum atomic E-state index is 13.1. The number of rotatable bonds is 3. The van der Waals surface area contributed by atoms with Gasteiger partial charge in [-0.25, -0.2) is 0 Å². The van der Waals surface area contributed by atoms with Crippen molar-refractivity contribution < 1.29 is 9.59 Å². The molecule has 0 aliphatic carbocycles. The van der Waals surface area contributed by atoms with Crippen LogP contribution in [0, 0.1) is 0 Å². The molecule has 2 aliphatic heterocycles. The van der Waals surface area contributed by atoms with Gasteiger partial charge >= 0.3 is 0 Å². The summed E-state index contributed by atoms with van der Waals surface area (Å²) in [6.07, 6.45) is 0.977. The van der Waals surface area contributed by atoms with Crippen LogP contribution in [0.25, 0.3) is 0 Å². The van der Waals surface area contributed by atoms with Crippen LogP contribution in [-0.2, 0) is 4.79 Å². The first-order valence-electron chi connectivity index (χ1n) is 10.3. The van der Waals surface area contributed by atoms with Crippen LogP contribution >= 0.6 is 23.4 Å². The lowest BCUT2D eigenvalue weighted by Gasteiger charge is -2.35. The van der Waals surface area contributed by atoms with E-state index in [1.807, 2.05) is 51.9 Å². The molecule has 1 fully saturated rings. The standard InChI is InChI=1S/C23H26ClN3O2S/c1-17-10-11-27(20-8-4-5-9-21(20)30-17)22(28)16-25-12-14-26(15-13-25)23(29)18-6-2-3-7-19(18)24/h2-9,17H,10-16H2,1H3/t17-/m0/s1. The number of benzene rings is 2. The highest BCUT2D eigenvalue weighted by molar-refractivity contribution is 8.00. The third-order valence-electron chi connectivity index (χ3n) is 5.67. The first-order valence-corrected chi connectivity index (χ1v) is 11.6. The number of halogens is 1. The van der Waals surface area contributed by atoms with E-state index in [9.17, 15) is 9.59 Å². The summed E-state index contributed by atoms with van der Waals surface area (Å²) in [5.41, 5.74) is 1.56. The summed E-state index contributed by atoms with van der Waals surface area (Å²) in [6, 6.07) is 15.3. The second-order valence-corrected chi connectivity index (χ2v) is 9.67. The van der Waals surface area contributed by atoms with Crippen LogP contribution in [0.15, 0.2) is 53.4 Å². The Kier molecular flexibility index (Phi) is 6.66. The van der Waals surface area contributed by atoms with Gasteiger partial charge in [-0.2, -0.15) is 0 Å². The molecule has 0 unspecified atom stereocenters. The molecule has 1 saturated heterocycles. The number of piperazine rings is 1. The number of carbonyl (C=O) groups excluding carboxylic acids is 2. The van der Waals surface area contributed by atoms with E-state index in [1.165, 1.54) is 4.90 Å². The quantitative estimate of drug-likeness (QED) is 0.718. The Morgan fingerprint density at radius 1 is 1.00 bits per heavy atom.